The summed E-state index contributed by atoms with van der Waals surface area (Å²) in [7, 11) is -7.61. The molecule has 10 heteroatoms. The minimum absolute atomic E-state index is 0.0161. The van der Waals surface area contributed by atoms with Crippen molar-refractivity contribution in [2.75, 3.05) is 26.2 Å². The fourth-order valence-electron chi connectivity index (χ4n) is 4.42. The van der Waals surface area contributed by atoms with Gasteiger partial charge in [0.25, 0.3) is 0 Å². The van der Waals surface area contributed by atoms with Crippen molar-refractivity contribution in [2.45, 2.75) is 61.0 Å². The van der Waals surface area contributed by atoms with Gasteiger partial charge in [-0.3, -0.25) is 0 Å². The fraction of sp³-hybridized carbons (Fsp3) is 0.500. The van der Waals surface area contributed by atoms with Crippen LogP contribution in [0.3, 0.4) is 0 Å². The standard InChI is InChI=1S/C24H31FN2O5S2/c25-21-9-7-20(8-10-21)18-27(19-22-6-5-17-32-22)34(30,31)24-13-11-23(12-14-24)33(28,29)26-15-3-1-2-4-16-26/h7-14,22H,1-6,15-19H2/t22-/m0/s1. The van der Waals surface area contributed by atoms with Gasteiger partial charge in [-0.15, -0.1) is 0 Å². The molecule has 186 valence electrons. The third-order valence-electron chi connectivity index (χ3n) is 6.37. The maximum absolute atomic E-state index is 13.5. The van der Waals surface area contributed by atoms with Crippen LogP contribution in [0.1, 0.15) is 44.1 Å². The first kappa shape index (κ1) is 25.2. The molecule has 0 N–H and O–H groups in total. The van der Waals surface area contributed by atoms with Gasteiger partial charge >= 0.3 is 0 Å². The Balaban J connectivity index is 1.58. The molecule has 2 aliphatic heterocycles. The number of hydrogen-bond donors (Lipinski definition) is 0. The lowest BCUT2D eigenvalue weighted by atomic mass is 10.2. The van der Waals surface area contributed by atoms with Gasteiger partial charge in [0.05, 0.1) is 15.9 Å². The van der Waals surface area contributed by atoms with Gasteiger partial charge in [-0.1, -0.05) is 25.0 Å². The highest BCUT2D eigenvalue weighted by Crippen LogP contribution is 2.25. The van der Waals surface area contributed by atoms with Crippen molar-refractivity contribution in [3.05, 3.63) is 59.9 Å². The van der Waals surface area contributed by atoms with E-state index in [9.17, 15) is 21.2 Å². The molecule has 0 radical (unpaired) electrons. The van der Waals surface area contributed by atoms with Gasteiger partial charge in [0.15, 0.2) is 0 Å². The lowest BCUT2D eigenvalue weighted by Gasteiger charge is -2.25. The van der Waals surface area contributed by atoms with Crippen molar-refractivity contribution in [3.63, 3.8) is 0 Å². The number of sulfonamides is 2. The van der Waals surface area contributed by atoms with Gasteiger partial charge in [-0.25, -0.2) is 21.2 Å². The number of hydrogen-bond acceptors (Lipinski definition) is 5. The Labute approximate surface area is 201 Å². The van der Waals surface area contributed by atoms with Gasteiger partial charge in [0, 0.05) is 32.8 Å². The van der Waals surface area contributed by atoms with Crippen molar-refractivity contribution in [1.29, 1.82) is 0 Å². The maximum Gasteiger partial charge on any atom is 0.243 e. The molecule has 0 saturated carbocycles. The van der Waals surface area contributed by atoms with Crippen LogP contribution in [0.2, 0.25) is 0 Å². The number of benzene rings is 2. The summed E-state index contributed by atoms with van der Waals surface area (Å²) in [5.41, 5.74) is 0.656. The first-order valence-corrected chi connectivity index (χ1v) is 14.6. The molecular formula is C24H31FN2O5S2. The van der Waals surface area contributed by atoms with Gasteiger partial charge in [-0.2, -0.15) is 8.61 Å². The number of ether oxygens (including phenoxy) is 1. The minimum atomic E-state index is -3.94. The monoisotopic (exact) mass is 510 g/mol. The molecule has 2 heterocycles. The summed E-state index contributed by atoms with van der Waals surface area (Å²) in [4.78, 5) is 0.111. The van der Waals surface area contributed by atoms with Gasteiger partial charge in [0.1, 0.15) is 5.82 Å². The number of halogens is 1. The zero-order chi connectivity index (χ0) is 24.2. The molecule has 2 aromatic rings. The van der Waals surface area contributed by atoms with Gasteiger partial charge in [-0.05, 0) is 67.6 Å². The molecule has 7 nitrogen and oxygen atoms in total. The summed E-state index contributed by atoms with van der Waals surface area (Å²) in [5.74, 6) is -0.390. The second-order valence-electron chi connectivity index (χ2n) is 8.85. The molecule has 4 rings (SSSR count). The molecular weight excluding hydrogens is 479 g/mol. The van der Waals surface area contributed by atoms with E-state index in [1.807, 2.05) is 0 Å². The Morgan fingerprint density at radius 2 is 1.47 bits per heavy atom. The third-order valence-corrected chi connectivity index (χ3v) is 10.1. The van der Waals surface area contributed by atoms with E-state index in [-0.39, 0.29) is 29.0 Å². The van der Waals surface area contributed by atoms with Crippen LogP contribution < -0.4 is 0 Å². The second kappa shape index (κ2) is 10.8. The van der Waals surface area contributed by atoms with Crippen molar-refractivity contribution in [1.82, 2.24) is 8.61 Å². The first-order valence-electron chi connectivity index (χ1n) is 11.7. The smallest absolute Gasteiger partial charge is 0.243 e. The zero-order valence-electron chi connectivity index (χ0n) is 19.1. The predicted octanol–water partition coefficient (Wildman–Crippen LogP) is 3.76. The van der Waals surface area contributed by atoms with Crippen LogP contribution >= 0.6 is 0 Å². The average Bonchev–Trinajstić information content (AvgIpc) is 3.18. The van der Waals surface area contributed by atoms with Gasteiger partial charge in [0.2, 0.25) is 20.0 Å². The largest absolute Gasteiger partial charge is 0.377 e. The highest BCUT2D eigenvalue weighted by Gasteiger charge is 2.31. The Morgan fingerprint density at radius 1 is 0.853 bits per heavy atom. The predicted molar refractivity (Wildman–Crippen MR) is 127 cm³/mol. The Morgan fingerprint density at radius 3 is 2.06 bits per heavy atom. The van der Waals surface area contributed by atoms with Crippen molar-refractivity contribution < 1.29 is 26.0 Å². The molecule has 34 heavy (non-hydrogen) atoms. The normalized spacial score (nSPS) is 20.5. The van der Waals surface area contributed by atoms with E-state index in [0.29, 0.717) is 25.3 Å². The maximum atomic E-state index is 13.5. The van der Waals surface area contributed by atoms with E-state index < -0.39 is 25.9 Å². The zero-order valence-corrected chi connectivity index (χ0v) is 20.7. The Hall–Kier alpha value is -1.85. The lowest BCUT2D eigenvalue weighted by molar-refractivity contribution is 0.0926. The summed E-state index contributed by atoms with van der Waals surface area (Å²) >= 11 is 0. The fourth-order valence-corrected chi connectivity index (χ4v) is 7.40. The Bertz CT molecular complexity index is 1150. The van der Waals surface area contributed by atoms with Crippen LogP contribution in [0, 0.1) is 5.82 Å². The van der Waals surface area contributed by atoms with E-state index in [2.05, 4.69) is 0 Å². The number of nitrogens with zero attached hydrogens (tertiary/aromatic N) is 2. The van der Waals surface area contributed by atoms with Crippen molar-refractivity contribution in [3.8, 4) is 0 Å². The molecule has 0 amide bonds. The topological polar surface area (TPSA) is 84.0 Å². The van der Waals surface area contributed by atoms with Crippen LogP contribution in [0.5, 0.6) is 0 Å². The molecule has 1 atom stereocenters. The van der Waals surface area contributed by atoms with E-state index in [1.54, 1.807) is 12.1 Å². The third kappa shape index (κ3) is 5.85. The van der Waals surface area contributed by atoms with Crippen LogP contribution in [0.15, 0.2) is 58.3 Å². The quantitative estimate of drug-likeness (QED) is 0.540. The van der Waals surface area contributed by atoms with Crippen molar-refractivity contribution >= 4 is 20.0 Å². The molecule has 0 unspecified atom stereocenters. The molecule has 2 aliphatic rings. The van der Waals surface area contributed by atoms with Crippen molar-refractivity contribution in [2.24, 2.45) is 0 Å². The van der Waals surface area contributed by atoms with E-state index in [4.69, 9.17) is 4.74 Å². The van der Waals surface area contributed by atoms with Crippen LogP contribution in [0.25, 0.3) is 0 Å². The molecule has 0 bridgehead atoms. The molecule has 0 aromatic heterocycles. The molecule has 0 aliphatic carbocycles. The van der Waals surface area contributed by atoms with Crippen LogP contribution in [-0.2, 0) is 31.3 Å². The SMILES string of the molecule is O=S(=O)(c1ccc(S(=O)(=O)N(Cc2ccc(F)cc2)C[C@@H]2CCCO2)cc1)N1CCCCCC1. The van der Waals surface area contributed by atoms with Crippen LogP contribution in [0.4, 0.5) is 4.39 Å². The van der Waals surface area contributed by atoms with E-state index in [1.165, 1.54) is 45.0 Å². The molecule has 2 saturated heterocycles. The van der Waals surface area contributed by atoms with Gasteiger partial charge < -0.3 is 4.74 Å². The molecule has 2 aromatic carbocycles. The second-order valence-corrected chi connectivity index (χ2v) is 12.7. The Kier molecular flexibility index (Phi) is 8.04. The van der Waals surface area contributed by atoms with Crippen LogP contribution in [-0.4, -0.2) is 57.8 Å². The highest BCUT2D eigenvalue weighted by molar-refractivity contribution is 7.89. The first-order chi connectivity index (χ1) is 16.3. The minimum Gasteiger partial charge on any atom is -0.377 e. The summed E-state index contributed by atoms with van der Waals surface area (Å²) < 4.78 is 75.0. The molecule has 0 spiro atoms. The summed E-state index contributed by atoms with van der Waals surface area (Å²) in [6.07, 6.45) is 5.11. The van der Waals surface area contributed by atoms with E-state index >= 15 is 0 Å². The average molecular weight is 511 g/mol. The highest BCUT2D eigenvalue weighted by atomic mass is 32.2. The van der Waals surface area contributed by atoms with E-state index in [0.717, 1.165) is 38.5 Å². The lowest BCUT2D eigenvalue weighted by Crippen LogP contribution is -2.37. The summed E-state index contributed by atoms with van der Waals surface area (Å²) in [6.45, 7) is 1.80. The molecule has 2 fully saturated rings. The summed E-state index contributed by atoms with van der Waals surface area (Å²) in [6, 6.07) is 11.2. The summed E-state index contributed by atoms with van der Waals surface area (Å²) in [5, 5.41) is 0. The number of rotatable bonds is 8.